The first kappa shape index (κ1) is 30.7. The Morgan fingerprint density at radius 3 is 2.17 bits per heavy atom. The number of hydrogen-bond acceptors (Lipinski definition) is 5. The summed E-state index contributed by atoms with van der Waals surface area (Å²) in [6, 6.07) is 11.3. The van der Waals surface area contributed by atoms with Gasteiger partial charge in [-0.25, -0.2) is 14.0 Å². The van der Waals surface area contributed by atoms with E-state index in [1.54, 1.807) is 30.3 Å². The van der Waals surface area contributed by atoms with Crippen molar-refractivity contribution in [3.63, 3.8) is 0 Å². The zero-order valence-electron chi connectivity index (χ0n) is 20.2. The summed E-state index contributed by atoms with van der Waals surface area (Å²) < 4.78 is 20.9. The summed E-state index contributed by atoms with van der Waals surface area (Å²) in [5, 5.41) is 15.6. The van der Waals surface area contributed by atoms with Crippen LogP contribution in [0.4, 0.5) is 4.39 Å². The molecule has 2 N–H and O–H groups in total. The number of carbonyl (C=O) groups is 3. The fraction of sp³-hybridized carbons (Fsp3) is 0.296. The molecule has 2 aromatic rings. The molecule has 0 amide bonds. The SMILES string of the molecule is C=CCN(C)CCCCCCOc1ccc(C(=O)c2ccc(Br)cc2)c(F)c1.O=C(O)/C=C/C(=O)O. The smallest absolute Gasteiger partial charge is 0.328 e. The van der Waals surface area contributed by atoms with Gasteiger partial charge in [0.25, 0.3) is 0 Å². The van der Waals surface area contributed by atoms with E-state index in [0.717, 1.165) is 43.2 Å². The highest BCUT2D eigenvalue weighted by Crippen LogP contribution is 2.21. The maximum atomic E-state index is 14.4. The van der Waals surface area contributed by atoms with Crippen molar-refractivity contribution in [3.8, 4) is 5.75 Å². The van der Waals surface area contributed by atoms with Crippen LogP contribution in [-0.2, 0) is 9.59 Å². The van der Waals surface area contributed by atoms with Gasteiger partial charge >= 0.3 is 11.9 Å². The molecule has 0 heterocycles. The van der Waals surface area contributed by atoms with Crippen molar-refractivity contribution < 1.29 is 33.7 Å². The molecule has 2 rings (SSSR count). The van der Waals surface area contributed by atoms with Crippen molar-refractivity contribution in [2.45, 2.75) is 25.7 Å². The predicted octanol–water partition coefficient (Wildman–Crippen LogP) is 5.59. The molecule has 7 nitrogen and oxygen atoms in total. The zero-order valence-corrected chi connectivity index (χ0v) is 21.7. The summed E-state index contributed by atoms with van der Waals surface area (Å²) in [7, 11) is 2.09. The fourth-order valence-electron chi connectivity index (χ4n) is 3.01. The average molecular weight is 564 g/mol. The molecule has 0 saturated heterocycles. The number of aliphatic carboxylic acids is 2. The fourth-order valence-corrected chi connectivity index (χ4v) is 3.27. The number of benzene rings is 2. The summed E-state index contributed by atoms with van der Waals surface area (Å²) in [6.07, 6.45) is 7.30. The van der Waals surface area contributed by atoms with Gasteiger partial charge in [0.1, 0.15) is 11.6 Å². The number of likely N-dealkylation sites (N-methyl/N-ethyl adjacent to an activating group) is 1. The lowest BCUT2D eigenvalue weighted by Crippen LogP contribution is -2.19. The molecule has 36 heavy (non-hydrogen) atoms. The molecular weight excluding hydrogens is 533 g/mol. The minimum Gasteiger partial charge on any atom is -0.493 e. The lowest BCUT2D eigenvalue weighted by atomic mass is 10.0. The molecule has 0 fully saturated rings. The summed E-state index contributed by atoms with van der Waals surface area (Å²) >= 11 is 3.32. The van der Waals surface area contributed by atoms with E-state index in [1.165, 1.54) is 12.1 Å². The van der Waals surface area contributed by atoms with E-state index in [4.69, 9.17) is 14.9 Å². The van der Waals surface area contributed by atoms with Crippen molar-refractivity contribution >= 4 is 33.7 Å². The Bertz CT molecular complexity index is 1020. The Hall–Kier alpha value is -3.30. The first-order valence-electron chi connectivity index (χ1n) is 11.3. The largest absolute Gasteiger partial charge is 0.493 e. The van der Waals surface area contributed by atoms with Crippen LogP contribution in [0.5, 0.6) is 5.75 Å². The molecular formula is C27H31BrFNO6. The molecule has 0 aliphatic carbocycles. The lowest BCUT2D eigenvalue weighted by molar-refractivity contribution is -0.134. The summed E-state index contributed by atoms with van der Waals surface area (Å²) in [5.41, 5.74) is 0.507. The molecule has 194 valence electrons. The number of hydrogen-bond donors (Lipinski definition) is 2. The van der Waals surface area contributed by atoms with E-state index in [9.17, 15) is 18.8 Å². The van der Waals surface area contributed by atoms with Crippen LogP contribution in [0.1, 0.15) is 41.6 Å². The van der Waals surface area contributed by atoms with Gasteiger partial charge in [-0.1, -0.05) is 34.8 Å². The first-order chi connectivity index (χ1) is 17.1. The van der Waals surface area contributed by atoms with Gasteiger partial charge in [-0.05, 0) is 62.8 Å². The maximum Gasteiger partial charge on any atom is 0.328 e. The third kappa shape index (κ3) is 13.0. The highest BCUT2D eigenvalue weighted by Gasteiger charge is 2.14. The van der Waals surface area contributed by atoms with E-state index in [0.29, 0.717) is 30.1 Å². The summed E-state index contributed by atoms with van der Waals surface area (Å²) in [4.78, 5) is 33.8. The van der Waals surface area contributed by atoms with Crippen molar-refractivity contribution in [3.05, 3.63) is 88.7 Å². The van der Waals surface area contributed by atoms with Crippen LogP contribution in [0.2, 0.25) is 0 Å². The quantitative estimate of drug-likeness (QED) is 0.134. The number of carbonyl (C=O) groups excluding carboxylic acids is 1. The minimum absolute atomic E-state index is 0.0540. The van der Waals surface area contributed by atoms with Gasteiger partial charge in [0, 0.05) is 34.8 Å². The second-order valence-electron chi connectivity index (χ2n) is 7.80. The van der Waals surface area contributed by atoms with Crippen molar-refractivity contribution in [2.75, 3.05) is 26.7 Å². The molecule has 0 bridgehead atoms. The molecule has 0 radical (unpaired) electrons. The Morgan fingerprint density at radius 2 is 1.61 bits per heavy atom. The molecule has 0 aliphatic rings. The number of halogens is 2. The topological polar surface area (TPSA) is 104 Å². The first-order valence-corrected chi connectivity index (χ1v) is 12.1. The lowest BCUT2D eigenvalue weighted by Gasteiger charge is -2.13. The summed E-state index contributed by atoms with van der Waals surface area (Å²) in [5.74, 6) is -2.95. The van der Waals surface area contributed by atoms with Crippen molar-refractivity contribution in [2.24, 2.45) is 0 Å². The van der Waals surface area contributed by atoms with Crippen LogP contribution >= 0.6 is 15.9 Å². The van der Waals surface area contributed by atoms with E-state index in [-0.39, 0.29) is 11.3 Å². The number of unbranched alkanes of at least 4 members (excludes halogenated alkanes) is 3. The Morgan fingerprint density at radius 1 is 1.00 bits per heavy atom. The molecule has 9 heteroatoms. The average Bonchev–Trinajstić information content (AvgIpc) is 2.83. The second kappa shape index (κ2) is 17.2. The number of carboxylic acids is 2. The third-order valence-corrected chi connectivity index (χ3v) is 5.33. The van der Waals surface area contributed by atoms with E-state index < -0.39 is 17.8 Å². The van der Waals surface area contributed by atoms with Crippen molar-refractivity contribution in [1.29, 1.82) is 0 Å². The van der Waals surface area contributed by atoms with Gasteiger partial charge in [0.2, 0.25) is 0 Å². The standard InChI is InChI=1S/C23H27BrFNO2.C4H4O4/c1-3-14-26(2)15-6-4-5-7-16-28-20-12-13-21(22(25)17-20)23(27)18-8-10-19(24)11-9-18;5-3(6)1-2-4(7)8/h3,8-13,17H,1,4-7,14-16H2,2H3;1-2H,(H,5,6)(H,7,8)/b;2-1+. The van der Waals surface area contributed by atoms with Crippen LogP contribution in [-0.4, -0.2) is 59.6 Å². The molecule has 0 atom stereocenters. The van der Waals surface area contributed by atoms with E-state index >= 15 is 0 Å². The molecule has 0 aliphatic heterocycles. The van der Waals surface area contributed by atoms with E-state index in [1.807, 2.05) is 6.08 Å². The maximum absolute atomic E-state index is 14.4. The monoisotopic (exact) mass is 563 g/mol. The number of nitrogens with zero attached hydrogens (tertiary/aromatic N) is 1. The summed E-state index contributed by atoms with van der Waals surface area (Å²) in [6.45, 7) is 6.25. The number of carboxylic acid groups (broad SMARTS) is 2. The molecule has 0 saturated carbocycles. The Kier molecular flexibility index (Phi) is 14.7. The molecule has 0 aromatic heterocycles. The van der Waals surface area contributed by atoms with Crippen LogP contribution in [0.3, 0.4) is 0 Å². The Balaban J connectivity index is 0.000000697. The van der Waals surface area contributed by atoms with Gasteiger partial charge < -0.3 is 19.8 Å². The van der Waals surface area contributed by atoms with Gasteiger partial charge in [-0.2, -0.15) is 0 Å². The van der Waals surface area contributed by atoms with Gasteiger partial charge in [0.15, 0.2) is 5.78 Å². The second-order valence-corrected chi connectivity index (χ2v) is 8.72. The van der Waals surface area contributed by atoms with Crippen LogP contribution < -0.4 is 4.74 Å². The van der Waals surface area contributed by atoms with Crippen LogP contribution in [0.15, 0.2) is 71.7 Å². The van der Waals surface area contributed by atoms with Crippen molar-refractivity contribution in [1.82, 2.24) is 4.90 Å². The van der Waals surface area contributed by atoms with Gasteiger partial charge in [-0.3, -0.25) is 4.79 Å². The minimum atomic E-state index is -1.26. The highest BCUT2D eigenvalue weighted by atomic mass is 79.9. The normalized spacial score (nSPS) is 10.6. The Labute approximate surface area is 219 Å². The van der Waals surface area contributed by atoms with Crippen LogP contribution in [0.25, 0.3) is 0 Å². The third-order valence-electron chi connectivity index (χ3n) is 4.80. The van der Waals surface area contributed by atoms with Crippen LogP contribution in [0, 0.1) is 5.82 Å². The van der Waals surface area contributed by atoms with E-state index in [2.05, 4.69) is 34.5 Å². The number of ether oxygens (including phenoxy) is 1. The number of rotatable bonds is 14. The van der Waals surface area contributed by atoms with Gasteiger partial charge in [0.05, 0.1) is 12.2 Å². The molecule has 0 spiro atoms. The molecule has 2 aromatic carbocycles. The predicted molar refractivity (Wildman–Crippen MR) is 140 cm³/mol. The molecule has 0 unspecified atom stereocenters. The zero-order chi connectivity index (χ0) is 26.9. The number of ketones is 1. The highest BCUT2D eigenvalue weighted by molar-refractivity contribution is 9.10. The van der Waals surface area contributed by atoms with Gasteiger partial charge in [-0.15, -0.1) is 6.58 Å².